The molecule has 226 valence electrons. The molecule has 42 heavy (non-hydrogen) atoms. The fraction of sp³-hybridized carbons (Fsp3) is 0.321. The highest BCUT2D eigenvalue weighted by molar-refractivity contribution is 7.14. The number of methoxy groups -OCH3 is 1. The first-order valence-electron chi connectivity index (χ1n) is 12.5. The summed E-state index contributed by atoms with van der Waals surface area (Å²) in [6, 6.07) is 10.0. The van der Waals surface area contributed by atoms with Crippen LogP contribution in [0.15, 0.2) is 53.9 Å². The summed E-state index contributed by atoms with van der Waals surface area (Å²) in [5.41, 5.74) is 6.23. The van der Waals surface area contributed by atoms with Crippen LogP contribution in [0.2, 0.25) is 0 Å². The molecular weight excluding hydrogens is 574 g/mol. The van der Waals surface area contributed by atoms with Crippen molar-refractivity contribution in [3.05, 3.63) is 82.4 Å². The first-order valence-corrected chi connectivity index (χ1v) is 13.4. The number of carboxylic acids is 1. The van der Waals surface area contributed by atoms with Gasteiger partial charge in [-0.15, -0.1) is 11.3 Å². The molecule has 5 N–H and O–H groups in total. The zero-order chi connectivity index (χ0) is 31.4. The van der Waals surface area contributed by atoms with Crippen LogP contribution in [0.1, 0.15) is 42.4 Å². The van der Waals surface area contributed by atoms with Crippen LogP contribution in [-0.2, 0) is 31.9 Å². The number of nitrogens with one attached hydrogen (secondary N) is 2. The van der Waals surface area contributed by atoms with Crippen molar-refractivity contribution in [2.24, 2.45) is 5.73 Å². The maximum absolute atomic E-state index is 13.1. The minimum Gasteiger partial charge on any atom is -0.480 e. The van der Waals surface area contributed by atoms with Gasteiger partial charge in [-0.3, -0.25) is 4.79 Å². The molecule has 1 heterocycles. The van der Waals surface area contributed by atoms with Crippen molar-refractivity contribution in [2.75, 3.05) is 12.4 Å². The second-order valence-corrected chi connectivity index (χ2v) is 10.7. The molecule has 0 bridgehead atoms. The highest BCUT2D eigenvalue weighted by Crippen LogP contribution is 2.17. The number of rotatable bonds is 9. The number of aromatic nitrogens is 1. The number of halogens is 2. The van der Waals surface area contributed by atoms with Gasteiger partial charge in [-0.25, -0.2) is 28.1 Å². The van der Waals surface area contributed by atoms with E-state index in [9.17, 15) is 28.0 Å². The first-order chi connectivity index (χ1) is 19.7. The maximum atomic E-state index is 13.1. The van der Waals surface area contributed by atoms with E-state index in [1.54, 1.807) is 20.8 Å². The summed E-state index contributed by atoms with van der Waals surface area (Å²) >= 11 is 1.03. The van der Waals surface area contributed by atoms with Crippen molar-refractivity contribution < 1.29 is 42.5 Å². The number of thiazole rings is 1. The number of carbonyl (C=O) groups excluding carboxylic acids is 3. The molecule has 11 nitrogen and oxygen atoms in total. The van der Waals surface area contributed by atoms with Crippen molar-refractivity contribution in [3.8, 4) is 0 Å². The smallest absolute Gasteiger partial charge is 0.408 e. The molecule has 0 saturated carbocycles. The van der Waals surface area contributed by atoms with Gasteiger partial charge in [0.15, 0.2) is 10.8 Å². The third kappa shape index (κ3) is 12.0. The summed E-state index contributed by atoms with van der Waals surface area (Å²) in [6.07, 6.45) is -0.554. The van der Waals surface area contributed by atoms with E-state index in [2.05, 4.69) is 20.4 Å². The highest BCUT2D eigenvalue weighted by Gasteiger charge is 2.24. The molecule has 0 aliphatic rings. The van der Waals surface area contributed by atoms with Crippen molar-refractivity contribution in [2.45, 2.75) is 51.3 Å². The lowest BCUT2D eigenvalue weighted by Gasteiger charge is -2.22. The number of hydrogen-bond acceptors (Lipinski definition) is 9. The highest BCUT2D eigenvalue weighted by atomic mass is 32.1. The SMILES string of the molecule is CC(C)(C)OC(=O)N[C@@H](Cc1ccccc1)C(=O)O.COC(=O)c1csc(NC(=O)[C@@H](N)Cc2cc(F)cc(F)c2)n1. The Hall–Kier alpha value is -4.43. The first kappa shape index (κ1) is 33.8. The third-order valence-electron chi connectivity index (χ3n) is 5.12. The lowest BCUT2D eigenvalue weighted by Crippen LogP contribution is -2.44. The van der Waals surface area contributed by atoms with Gasteiger partial charge in [0.1, 0.15) is 23.3 Å². The molecule has 0 unspecified atom stereocenters. The van der Waals surface area contributed by atoms with Crippen LogP contribution in [-0.4, -0.2) is 58.8 Å². The molecule has 0 fully saturated rings. The molecule has 14 heteroatoms. The fourth-order valence-corrected chi connectivity index (χ4v) is 3.99. The predicted molar refractivity (Wildman–Crippen MR) is 151 cm³/mol. The average molecular weight is 607 g/mol. The molecule has 0 aliphatic carbocycles. The number of benzene rings is 2. The Balaban J connectivity index is 0.000000299. The minimum absolute atomic E-state index is 0.0459. The predicted octanol–water partition coefficient (Wildman–Crippen LogP) is 3.92. The molecule has 0 saturated heterocycles. The summed E-state index contributed by atoms with van der Waals surface area (Å²) in [5.74, 6) is -3.78. The number of anilines is 1. The molecule has 1 aromatic heterocycles. The van der Waals surface area contributed by atoms with Crippen LogP contribution in [0.25, 0.3) is 0 Å². The second-order valence-electron chi connectivity index (χ2n) is 9.83. The number of alkyl carbamates (subject to hydrolysis) is 1. The van der Waals surface area contributed by atoms with E-state index >= 15 is 0 Å². The minimum atomic E-state index is -1.09. The summed E-state index contributed by atoms with van der Waals surface area (Å²) in [6.45, 7) is 5.17. The topological polar surface area (TPSA) is 170 Å². The Labute approximate surface area is 245 Å². The Bertz CT molecular complexity index is 1360. The van der Waals surface area contributed by atoms with E-state index in [1.165, 1.54) is 12.5 Å². The van der Waals surface area contributed by atoms with Gasteiger partial charge >= 0.3 is 18.0 Å². The largest absolute Gasteiger partial charge is 0.480 e. The van der Waals surface area contributed by atoms with Crippen LogP contribution in [0, 0.1) is 11.6 Å². The van der Waals surface area contributed by atoms with Gasteiger partial charge in [0.2, 0.25) is 5.91 Å². The Morgan fingerprint density at radius 3 is 2.19 bits per heavy atom. The number of nitrogens with two attached hydrogens (primary N) is 1. The van der Waals surface area contributed by atoms with Gasteiger partial charge in [-0.2, -0.15) is 0 Å². The number of amides is 2. The van der Waals surface area contributed by atoms with E-state index in [0.717, 1.165) is 35.1 Å². The van der Waals surface area contributed by atoms with Gasteiger partial charge < -0.3 is 30.9 Å². The fourth-order valence-electron chi connectivity index (χ4n) is 3.30. The van der Waals surface area contributed by atoms with Gasteiger partial charge in [-0.1, -0.05) is 30.3 Å². The lowest BCUT2D eigenvalue weighted by atomic mass is 10.1. The lowest BCUT2D eigenvalue weighted by molar-refractivity contribution is -0.139. The zero-order valence-corrected chi connectivity index (χ0v) is 24.2. The van der Waals surface area contributed by atoms with Crippen molar-refractivity contribution in [1.29, 1.82) is 0 Å². The summed E-state index contributed by atoms with van der Waals surface area (Å²) < 4.78 is 35.8. The Morgan fingerprint density at radius 2 is 1.64 bits per heavy atom. The number of ether oxygens (including phenoxy) is 2. The van der Waals surface area contributed by atoms with Crippen molar-refractivity contribution >= 4 is 40.4 Å². The van der Waals surface area contributed by atoms with Crippen LogP contribution < -0.4 is 16.4 Å². The standard InChI is InChI=1S/C14H13F2N3O3S.C14H19NO4/c1-22-13(21)11-6-23-14(18-11)19-12(20)10(17)4-7-2-8(15)5-9(16)3-7;1-14(2,3)19-13(18)15-11(12(16)17)9-10-7-5-4-6-8-10/h2-3,5-6,10H,4,17H2,1H3,(H,18,19,20);4-8,11H,9H2,1-3H3,(H,15,18)(H,16,17)/t10-;11-/m00/s1. The molecule has 0 spiro atoms. The normalized spacial score (nSPS) is 12.2. The quantitative estimate of drug-likeness (QED) is 0.264. The van der Waals surface area contributed by atoms with Gasteiger partial charge in [0.05, 0.1) is 13.2 Å². The average Bonchev–Trinajstić information content (AvgIpc) is 3.35. The molecule has 0 aliphatic heterocycles. The number of nitrogens with zero attached hydrogens (tertiary/aromatic N) is 1. The van der Waals surface area contributed by atoms with Crippen LogP contribution in [0.4, 0.5) is 18.7 Å². The van der Waals surface area contributed by atoms with Crippen LogP contribution in [0.5, 0.6) is 0 Å². The third-order valence-corrected chi connectivity index (χ3v) is 5.87. The number of carbonyl (C=O) groups is 4. The molecular formula is C28H32F2N4O7S. The van der Waals surface area contributed by atoms with E-state index in [-0.39, 0.29) is 29.2 Å². The maximum Gasteiger partial charge on any atom is 0.408 e. The van der Waals surface area contributed by atoms with Crippen molar-refractivity contribution in [3.63, 3.8) is 0 Å². The number of carboxylic acid groups (broad SMARTS) is 1. The molecule has 0 radical (unpaired) electrons. The zero-order valence-electron chi connectivity index (χ0n) is 23.4. The van der Waals surface area contributed by atoms with Crippen molar-refractivity contribution in [1.82, 2.24) is 10.3 Å². The number of aliphatic carboxylic acids is 1. The summed E-state index contributed by atoms with van der Waals surface area (Å²) in [7, 11) is 1.22. The second kappa shape index (κ2) is 15.5. The van der Waals surface area contributed by atoms with Gasteiger partial charge in [-0.05, 0) is 50.5 Å². The van der Waals surface area contributed by atoms with Gasteiger partial charge in [0, 0.05) is 17.9 Å². The number of hydrogen-bond donors (Lipinski definition) is 4. The van der Waals surface area contributed by atoms with E-state index in [1.807, 2.05) is 30.3 Å². The van der Waals surface area contributed by atoms with E-state index in [4.69, 9.17) is 15.6 Å². The van der Waals surface area contributed by atoms with Crippen LogP contribution >= 0.6 is 11.3 Å². The molecule has 2 atom stereocenters. The molecule has 2 amide bonds. The molecule has 2 aromatic carbocycles. The Kier molecular flexibility index (Phi) is 12.5. The van der Waals surface area contributed by atoms with Crippen LogP contribution in [0.3, 0.4) is 0 Å². The number of esters is 1. The summed E-state index contributed by atoms with van der Waals surface area (Å²) in [5, 5.41) is 15.5. The van der Waals surface area contributed by atoms with E-state index in [0.29, 0.717) is 0 Å². The molecule has 3 aromatic rings. The van der Waals surface area contributed by atoms with E-state index < -0.39 is 53.3 Å². The monoisotopic (exact) mass is 606 g/mol. The molecule has 3 rings (SSSR count). The summed E-state index contributed by atoms with van der Waals surface area (Å²) in [4.78, 5) is 49.8. The Morgan fingerprint density at radius 1 is 1.02 bits per heavy atom. The van der Waals surface area contributed by atoms with Gasteiger partial charge in [0.25, 0.3) is 0 Å².